The number of carbonyl (C=O) groups excluding carboxylic acids is 6. The molecular weight excluding hydrogens is 883 g/mol. The summed E-state index contributed by atoms with van der Waals surface area (Å²) < 4.78 is 5.64. The van der Waals surface area contributed by atoms with Gasteiger partial charge in [-0.15, -0.1) is 0 Å². The maximum Gasteiger partial charge on any atom is 0.326 e. The molecular formula is C51H83N9O9. The second-order valence-electron chi connectivity index (χ2n) is 18.5. The Balaban J connectivity index is 1.82. The molecule has 18 heteroatoms. The second kappa shape index (κ2) is 34.5. The second-order valence-corrected chi connectivity index (χ2v) is 18.5. The first-order valence-electron chi connectivity index (χ1n) is 25.1. The topological polar surface area (TPSA) is 297 Å². The Morgan fingerprint density at radius 1 is 0.725 bits per heavy atom. The molecule has 1 aromatic carbocycles. The van der Waals surface area contributed by atoms with Crippen LogP contribution in [-0.4, -0.2) is 102 Å². The highest BCUT2D eigenvalue weighted by Gasteiger charge is 2.31. The molecule has 386 valence electrons. The van der Waals surface area contributed by atoms with Crippen molar-refractivity contribution in [3.63, 3.8) is 0 Å². The van der Waals surface area contributed by atoms with Crippen LogP contribution in [-0.2, 0) is 44.7 Å². The molecule has 18 nitrogen and oxygen atoms in total. The number of carboxylic acid groups (broad SMARTS) is 1. The van der Waals surface area contributed by atoms with Crippen LogP contribution in [0.25, 0.3) is 0 Å². The molecule has 1 aromatic rings. The third kappa shape index (κ3) is 27.1. The first-order valence-corrected chi connectivity index (χ1v) is 25.1. The molecule has 0 saturated heterocycles. The lowest BCUT2D eigenvalue weighted by Gasteiger charge is -2.26. The number of esters is 1. The van der Waals surface area contributed by atoms with Gasteiger partial charge in [0, 0.05) is 25.8 Å². The Hall–Kier alpha value is -5.78. The summed E-state index contributed by atoms with van der Waals surface area (Å²) in [4.78, 5) is 90.8. The van der Waals surface area contributed by atoms with E-state index in [2.05, 4.69) is 38.8 Å². The third-order valence-corrected chi connectivity index (χ3v) is 11.7. The lowest BCUT2D eigenvalue weighted by Crippen LogP contribution is -2.57. The molecule has 0 bridgehead atoms. The van der Waals surface area contributed by atoms with Gasteiger partial charge in [0.2, 0.25) is 29.5 Å². The normalized spacial score (nSPS) is 15.3. The number of carboxylic acids is 1. The molecule has 1 aliphatic rings. The van der Waals surface area contributed by atoms with E-state index in [0.717, 1.165) is 24.8 Å². The molecule has 69 heavy (non-hydrogen) atoms. The fourth-order valence-corrected chi connectivity index (χ4v) is 7.79. The molecule has 0 spiro atoms. The lowest BCUT2D eigenvalue weighted by atomic mass is 9.98. The van der Waals surface area contributed by atoms with Gasteiger partial charge in [-0.25, -0.2) is 4.79 Å². The number of nitrogens with one attached hydrogen (secondary N) is 7. The van der Waals surface area contributed by atoms with Crippen LogP contribution in [0.4, 0.5) is 0 Å². The van der Waals surface area contributed by atoms with Gasteiger partial charge < -0.3 is 53.2 Å². The molecule has 0 radical (unpaired) electrons. The van der Waals surface area contributed by atoms with Crippen LogP contribution >= 0.6 is 0 Å². The number of allylic oxidation sites excluding steroid dienone is 1. The molecule has 0 aromatic heterocycles. The minimum absolute atomic E-state index is 0.0323. The van der Waals surface area contributed by atoms with Crippen molar-refractivity contribution in [2.45, 2.75) is 192 Å². The van der Waals surface area contributed by atoms with E-state index in [1.54, 1.807) is 42.5 Å². The molecule has 12 N–H and O–H groups in total. The quantitative estimate of drug-likeness (QED) is 0.0190. The Morgan fingerprint density at radius 2 is 1.32 bits per heavy atom. The number of ether oxygens (including phenoxy) is 1. The van der Waals surface area contributed by atoms with E-state index in [1.807, 2.05) is 19.9 Å². The molecule has 5 unspecified atom stereocenters. The number of aliphatic carboxylic acids is 1. The fourth-order valence-electron chi connectivity index (χ4n) is 7.79. The number of carbonyl (C=O) groups is 7. The molecule has 2 rings (SSSR count). The van der Waals surface area contributed by atoms with Crippen molar-refractivity contribution < 1.29 is 43.4 Å². The van der Waals surface area contributed by atoms with Crippen LogP contribution in [0.2, 0.25) is 0 Å². The Labute approximate surface area is 409 Å². The average Bonchev–Trinajstić information content (AvgIpc) is 3.30. The highest BCUT2D eigenvalue weighted by molar-refractivity contribution is 5.95. The predicted octanol–water partition coefficient (Wildman–Crippen LogP) is 4.70. The van der Waals surface area contributed by atoms with Crippen LogP contribution in [0.5, 0.6) is 0 Å². The summed E-state index contributed by atoms with van der Waals surface area (Å²) in [6.45, 7) is 7.04. The van der Waals surface area contributed by atoms with Gasteiger partial charge >= 0.3 is 11.9 Å². The van der Waals surface area contributed by atoms with Crippen molar-refractivity contribution in [1.82, 2.24) is 31.9 Å². The molecule has 0 heterocycles. The van der Waals surface area contributed by atoms with E-state index in [9.17, 15) is 38.7 Å². The first-order chi connectivity index (χ1) is 33.0. The first kappa shape index (κ1) is 59.3. The molecule has 5 amide bonds. The number of hydrogen-bond donors (Lipinski definition) is 10. The van der Waals surface area contributed by atoms with Crippen molar-refractivity contribution in [2.24, 2.45) is 17.4 Å². The maximum atomic E-state index is 13.8. The summed E-state index contributed by atoms with van der Waals surface area (Å²) in [5.74, 6) is -5.24. The van der Waals surface area contributed by atoms with E-state index in [1.165, 1.54) is 71.1 Å². The SMILES string of the molecule is CCCCCCCCCCCCCCCC(=O)OC1C=CC(CC(N)C(=O)N[C@H](C)C(=O)NCC(=O)NC(Cc2ccccc2)C(=O)NC(CC(C)C)C(=O)NC(CCCNC(=N)N)C(=O)O)=CC1. The van der Waals surface area contributed by atoms with Crippen LogP contribution in [0.15, 0.2) is 54.1 Å². The van der Waals surface area contributed by atoms with Crippen LogP contribution in [0.1, 0.15) is 155 Å². The smallest absolute Gasteiger partial charge is 0.326 e. The summed E-state index contributed by atoms with van der Waals surface area (Å²) in [6, 6.07) is 3.18. The summed E-state index contributed by atoms with van der Waals surface area (Å²) in [5, 5.41) is 32.5. The van der Waals surface area contributed by atoms with Gasteiger partial charge in [0.25, 0.3) is 0 Å². The van der Waals surface area contributed by atoms with Crippen LogP contribution in [0, 0.1) is 11.3 Å². The van der Waals surface area contributed by atoms with Gasteiger partial charge in [0.05, 0.1) is 12.6 Å². The van der Waals surface area contributed by atoms with Crippen molar-refractivity contribution >= 4 is 47.4 Å². The fraction of sp³-hybridized carbons (Fsp3) is 0.647. The number of guanidine groups is 1. The van der Waals surface area contributed by atoms with Gasteiger partial charge in [-0.2, -0.15) is 0 Å². The van der Waals surface area contributed by atoms with E-state index in [4.69, 9.17) is 21.6 Å². The zero-order valence-electron chi connectivity index (χ0n) is 41.6. The van der Waals surface area contributed by atoms with Crippen LogP contribution in [0.3, 0.4) is 0 Å². The van der Waals surface area contributed by atoms with Gasteiger partial charge in [-0.1, -0.05) is 140 Å². The molecule has 0 aliphatic heterocycles. The Morgan fingerprint density at radius 3 is 1.88 bits per heavy atom. The van der Waals surface area contributed by atoms with Crippen molar-refractivity contribution in [1.29, 1.82) is 5.41 Å². The van der Waals surface area contributed by atoms with E-state index < -0.39 is 72.3 Å². The molecule has 6 atom stereocenters. The van der Waals surface area contributed by atoms with Crippen LogP contribution < -0.4 is 43.4 Å². The zero-order chi connectivity index (χ0) is 51.0. The molecule has 1 aliphatic carbocycles. The predicted molar refractivity (Wildman–Crippen MR) is 267 cm³/mol. The maximum absolute atomic E-state index is 13.8. The van der Waals surface area contributed by atoms with E-state index >= 15 is 0 Å². The van der Waals surface area contributed by atoms with Gasteiger partial charge in [0.1, 0.15) is 30.3 Å². The monoisotopic (exact) mass is 966 g/mol. The number of unbranched alkanes of at least 4 members (excludes halogenated alkanes) is 12. The van der Waals surface area contributed by atoms with E-state index in [0.29, 0.717) is 18.4 Å². The van der Waals surface area contributed by atoms with Gasteiger partial charge in [-0.3, -0.25) is 34.2 Å². The minimum atomic E-state index is -1.27. The number of hydrogen-bond acceptors (Lipinski definition) is 10. The third-order valence-electron chi connectivity index (χ3n) is 11.7. The number of nitrogens with two attached hydrogens (primary N) is 2. The molecule has 0 saturated carbocycles. The summed E-state index contributed by atoms with van der Waals surface area (Å²) in [5.41, 5.74) is 13.0. The van der Waals surface area contributed by atoms with E-state index in [-0.39, 0.29) is 62.6 Å². The lowest BCUT2D eigenvalue weighted by molar-refractivity contribution is -0.147. The Kier molecular flexibility index (Phi) is 29.7. The van der Waals surface area contributed by atoms with Crippen molar-refractivity contribution in [2.75, 3.05) is 13.1 Å². The summed E-state index contributed by atoms with van der Waals surface area (Å²) in [7, 11) is 0. The minimum Gasteiger partial charge on any atom is -0.480 e. The van der Waals surface area contributed by atoms with Crippen molar-refractivity contribution in [3.05, 3.63) is 59.7 Å². The van der Waals surface area contributed by atoms with Gasteiger partial charge in [0.15, 0.2) is 5.96 Å². The Bertz CT molecular complexity index is 1820. The largest absolute Gasteiger partial charge is 0.480 e. The standard InChI is InChI=1S/C51H83N9O9/c1-5-6-7-8-9-10-11-12-13-14-15-16-20-25-45(62)69-39-28-26-38(27-29-39)32-40(52)47(64)57-36(4)46(63)56-34-44(61)58-43(33-37-22-18-17-19-23-37)49(66)60-42(31-35(2)3)48(65)59-41(50(67)68)24-21-30-55-51(53)54/h17-19,22-23,26-28,35-36,39-43H,5-16,20-21,24-25,29-34,52H2,1-4H3,(H,56,63)(H,57,64)(H,58,61)(H,59,65)(H,60,66)(H,67,68)(H4,53,54,55)/t36-,39?,40?,41?,42?,43?/m1/s1. The summed E-state index contributed by atoms with van der Waals surface area (Å²) >= 11 is 0. The highest BCUT2D eigenvalue weighted by Crippen LogP contribution is 2.19. The number of benzene rings is 1. The molecule has 0 fully saturated rings. The zero-order valence-corrected chi connectivity index (χ0v) is 41.6. The highest BCUT2D eigenvalue weighted by atomic mass is 16.5. The number of amides is 5. The van der Waals surface area contributed by atoms with Crippen molar-refractivity contribution in [3.8, 4) is 0 Å². The summed E-state index contributed by atoms with van der Waals surface area (Å²) in [6.07, 6.45) is 22.7. The average molecular weight is 966 g/mol. The van der Waals surface area contributed by atoms with Gasteiger partial charge in [-0.05, 0) is 62.2 Å². The number of rotatable bonds is 36.